The van der Waals surface area contributed by atoms with E-state index in [9.17, 15) is 36.4 Å². The number of sulfonamides is 1. The van der Waals surface area contributed by atoms with Crippen LogP contribution < -0.4 is 21.7 Å². The third-order valence-electron chi connectivity index (χ3n) is 3.92. The van der Waals surface area contributed by atoms with E-state index in [0.29, 0.717) is 18.6 Å². The number of rotatable bonds is 9. The molecule has 0 unspecified atom stereocenters. The highest BCUT2D eigenvalue weighted by molar-refractivity contribution is 7.89. The monoisotopic (exact) mass is 460 g/mol. The highest BCUT2D eigenvalue weighted by atomic mass is 32.2. The lowest BCUT2D eigenvalue weighted by Gasteiger charge is -2.11. The summed E-state index contributed by atoms with van der Waals surface area (Å²) in [5.74, 6) is -5.46. The van der Waals surface area contributed by atoms with Gasteiger partial charge in [0, 0.05) is 6.54 Å². The molecule has 11 nitrogen and oxygen atoms in total. The molecule has 0 fully saturated rings. The number of nitrogen functional groups attached to an aromatic ring is 1. The molecule has 0 aliphatic heterocycles. The van der Waals surface area contributed by atoms with Crippen molar-refractivity contribution >= 4 is 27.6 Å². The average molecular weight is 460 g/mol. The highest BCUT2D eigenvalue weighted by Gasteiger charge is 2.25. The van der Waals surface area contributed by atoms with Crippen LogP contribution in [0, 0.1) is 11.6 Å². The molecular weight excluding hydrogens is 442 g/mol. The third kappa shape index (κ3) is 5.40. The summed E-state index contributed by atoms with van der Waals surface area (Å²) in [6.07, 6.45) is 0.474. The van der Waals surface area contributed by atoms with E-state index in [1.165, 1.54) is 0 Å². The van der Waals surface area contributed by atoms with Gasteiger partial charge >= 0.3 is 11.7 Å². The Morgan fingerprint density at radius 1 is 1.23 bits per heavy atom. The van der Waals surface area contributed by atoms with Gasteiger partial charge in [0.05, 0.1) is 0 Å². The van der Waals surface area contributed by atoms with E-state index in [4.69, 9.17) is 5.73 Å². The van der Waals surface area contributed by atoms with E-state index >= 15 is 0 Å². The van der Waals surface area contributed by atoms with Crippen LogP contribution >= 0.6 is 0 Å². The molecule has 2 aromatic rings. The van der Waals surface area contributed by atoms with Gasteiger partial charge in [0.1, 0.15) is 29.6 Å². The van der Waals surface area contributed by atoms with Crippen LogP contribution in [0.4, 0.5) is 14.6 Å². The highest BCUT2D eigenvalue weighted by Crippen LogP contribution is 2.17. The van der Waals surface area contributed by atoms with Crippen molar-refractivity contribution in [3.63, 3.8) is 0 Å². The van der Waals surface area contributed by atoms with Gasteiger partial charge in [-0.25, -0.2) is 22.0 Å². The molecule has 1 aromatic carbocycles. The van der Waals surface area contributed by atoms with Crippen molar-refractivity contribution in [1.82, 2.24) is 14.3 Å². The molecule has 0 atom stereocenters. The first kappa shape index (κ1) is 23.9. The number of aromatic nitrogens is 2. The zero-order valence-corrected chi connectivity index (χ0v) is 16.9. The minimum Gasteiger partial charge on any atom is -0.456 e. The van der Waals surface area contributed by atoms with Gasteiger partial charge in [-0.15, -0.1) is 0 Å². The van der Waals surface area contributed by atoms with Crippen LogP contribution in [0.5, 0.6) is 0 Å². The molecule has 0 aliphatic rings. The number of ketones is 1. The van der Waals surface area contributed by atoms with Gasteiger partial charge < -0.3 is 10.5 Å². The first-order chi connectivity index (χ1) is 14.5. The lowest BCUT2D eigenvalue weighted by atomic mass is 10.2. The van der Waals surface area contributed by atoms with Crippen LogP contribution in [0.3, 0.4) is 0 Å². The van der Waals surface area contributed by atoms with E-state index < -0.39 is 74.1 Å². The number of carbonyl (C=O) groups excluding carboxylic acids is 2. The molecule has 1 heterocycles. The molecule has 0 amide bonds. The first-order valence-corrected chi connectivity index (χ1v) is 10.2. The zero-order chi connectivity index (χ0) is 23.3. The lowest BCUT2D eigenvalue weighted by Crippen LogP contribution is -2.37. The van der Waals surface area contributed by atoms with Gasteiger partial charge in [0.25, 0.3) is 5.56 Å². The lowest BCUT2D eigenvalue weighted by molar-refractivity contribution is -0.141. The van der Waals surface area contributed by atoms with Crippen molar-refractivity contribution in [2.24, 2.45) is 0 Å². The Labute approximate surface area is 173 Å². The Bertz CT molecular complexity index is 1220. The molecular formula is C17H18F2N4O7S. The molecule has 2 rings (SSSR count). The summed E-state index contributed by atoms with van der Waals surface area (Å²) in [5, 5.41) is 0. The first-order valence-electron chi connectivity index (χ1n) is 8.74. The van der Waals surface area contributed by atoms with Gasteiger partial charge in [-0.1, -0.05) is 13.0 Å². The largest absolute Gasteiger partial charge is 0.456 e. The molecule has 4 N–H and O–H groups in total. The number of benzene rings is 1. The predicted octanol–water partition coefficient (Wildman–Crippen LogP) is -0.489. The minimum absolute atomic E-state index is 0.121. The number of Topliss-reactive ketones (excluding diaryl/α,β-unsaturated/α-hetero) is 1. The number of hydrogen-bond donors (Lipinski definition) is 3. The summed E-state index contributed by atoms with van der Waals surface area (Å²) in [5.41, 5.74) is 3.21. The SMILES string of the molecule is CCCn1c(N)c(C(=O)COC(=O)CNS(=O)(=O)c2c(F)cccc2F)c(=O)[nH]c1=O. The van der Waals surface area contributed by atoms with E-state index in [1.807, 2.05) is 4.98 Å². The number of aromatic amines is 1. The fraction of sp³-hybridized carbons (Fsp3) is 0.294. The number of nitrogens with zero attached hydrogens (tertiary/aromatic N) is 1. The molecule has 0 saturated heterocycles. The number of nitrogens with one attached hydrogen (secondary N) is 2. The maximum Gasteiger partial charge on any atom is 0.329 e. The number of carbonyl (C=O) groups is 2. The van der Waals surface area contributed by atoms with E-state index in [0.717, 1.165) is 10.6 Å². The second kappa shape index (κ2) is 9.61. The number of esters is 1. The fourth-order valence-electron chi connectivity index (χ4n) is 2.54. The number of anilines is 1. The van der Waals surface area contributed by atoms with Gasteiger partial charge in [-0.2, -0.15) is 4.72 Å². The van der Waals surface area contributed by atoms with Crippen LogP contribution in [-0.2, 0) is 26.1 Å². The third-order valence-corrected chi connectivity index (χ3v) is 5.38. The molecule has 31 heavy (non-hydrogen) atoms. The molecule has 0 saturated carbocycles. The van der Waals surface area contributed by atoms with Crippen molar-refractivity contribution in [3.05, 3.63) is 56.2 Å². The summed E-state index contributed by atoms with van der Waals surface area (Å²) < 4.78 is 58.4. The zero-order valence-electron chi connectivity index (χ0n) is 16.1. The number of hydrogen-bond acceptors (Lipinski definition) is 8. The van der Waals surface area contributed by atoms with E-state index in [-0.39, 0.29) is 6.54 Å². The van der Waals surface area contributed by atoms with Crippen molar-refractivity contribution in [1.29, 1.82) is 0 Å². The smallest absolute Gasteiger partial charge is 0.329 e. The Kier molecular flexibility index (Phi) is 7.41. The van der Waals surface area contributed by atoms with E-state index in [2.05, 4.69) is 4.74 Å². The van der Waals surface area contributed by atoms with Crippen molar-refractivity contribution < 1.29 is 31.5 Å². The number of nitrogens with two attached hydrogens (primary N) is 1. The summed E-state index contributed by atoms with van der Waals surface area (Å²) in [4.78, 5) is 48.3. The number of H-pyrrole nitrogens is 1. The summed E-state index contributed by atoms with van der Waals surface area (Å²) in [6, 6.07) is 2.39. The molecule has 168 valence electrons. The quantitative estimate of drug-likeness (QED) is 0.332. The normalized spacial score (nSPS) is 11.3. The van der Waals surface area contributed by atoms with Crippen LogP contribution in [0.15, 0.2) is 32.7 Å². The van der Waals surface area contributed by atoms with Crippen LogP contribution in [0.1, 0.15) is 23.7 Å². The molecule has 1 aromatic heterocycles. The summed E-state index contributed by atoms with van der Waals surface area (Å²) in [7, 11) is -4.74. The Morgan fingerprint density at radius 2 is 1.84 bits per heavy atom. The van der Waals surface area contributed by atoms with E-state index in [1.54, 1.807) is 11.6 Å². The number of halogens is 2. The molecule has 0 spiro atoms. The van der Waals surface area contributed by atoms with Gasteiger partial charge in [-0.05, 0) is 18.6 Å². The molecule has 0 aliphatic carbocycles. The summed E-state index contributed by atoms with van der Waals surface area (Å²) >= 11 is 0. The van der Waals surface area contributed by atoms with Gasteiger partial charge in [0.15, 0.2) is 11.5 Å². The van der Waals surface area contributed by atoms with Gasteiger partial charge in [0.2, 0.25) is 15.8 Å². The van der Waals surface area contributed by atoms with Crippen LogP contribution in [0.2, 0.25) is 0 Å². The Hall–Kier alpha value is -3.39. The second-order valence-electron chi connectivity index (χ2n) is 6.13. The molecule has 14 heteroatoms. The molecule has 0 radical (unpaired) electrons. The predicted molar refractivity (Wildman–Crippen MR) is 103 cm³/mol. The second-order valence-corrected chi connectivity index (χ2v) is 7.83. The van der Waals surface area contributed by atoms with Crippen LogP contribution in [-0.4, -0.2) is 42.9 Å². The Balaban J connectivity index is 2.07. The fourth-order valence-corrected chi connectivity index (χ4v) is 3.64. The molecule has 0 bridgehead atoms. The maximum atomic E-state index is 13.6. The standard InChI is InChI=1S/C17H18F2N4O7S/c1-2-6-23-15(20)13(16(26)22-17(23)27)11(24)8-30-12(25)7-21-31(28,29)14-9(18)4-3-5-10(14)19/h3-5,21H,2,6-8,20H2,1H3,(H,22,26,27). The topological polar surface area (TPSA) is 170 Å². The van der Waals surface area contributed by atoms with Crippen molar-refractivity contribution in [2.75, 3.05) is 18.9 Å². The Morgan fingerprint density at radius 3 is 2.42 bits per heavy atom. The van der Waals surface area contributed by atoms with Crippen molar-refractivity contribution in [3.8, 4) is 0 Å². The number of ether oxygens (including phenoxy) is 1. The van der Waals surface area contributed by atoms with Crippen LogP contribution in [0.25, 0.3) is 0 Å². The maximum absolute atomic E-state index is 13.6. The van der Waals surface area contributed by atoms with Crippen molar-refractivity contribution in [2.45, 2.75) is 24.8 Å². The minimum atomic E-state index is -4.74. The average Bonchev–Trinajstić information content (AvgIpc) is 2.67. The summed E-state index contributed by atoms with van der Waals surface area (Å²) in [6.45, 7) is -0.193. The van der Waals surface area contributed by atoms with Gasteiger partial charge in [-0.3, -0.25) is 23.9 Å².